The van der Waals surface area contributed by atoms with Crippen LogP contribution < -0.4 is 10.6 Å². The molecule has 23 heavy (non-hydrogen) atoms. The Morgan fingerprint density at radius 3 is 2.74 bits per heavy atom. The van der Waals surface area contributed by atoms with Crippen molar-refractivity contribution in [3.8, 4) is 0 Å². The van der Waals surface area contributed by atoms with Gasteiger partial charge in [-0.05, 0) is 54.4 Å². The van der Waals surface area contributed by atoms with Crippen LogP contribution in [-0.4, -0.2) is 17.5 Å². The third-order valence-electron chi connectivity index (χ3n) is 3.23. The van der Waals surface area contributed by atoms with Gasteiger partial charge in [0.1, 0.15) is 10.8 Å². The molecule has 0 fully saturated rings. The summed E-state index contributed by atoms with van der Waals surface area (Å²) in [6.45, 7) is 7.88. The number of nitrogens with zero attached hydrogens (tertiary/aromatic N) is 2. The molecule has 0 saturated carbocycles. The Kier molecular flexibility index (Phi) is 6.53. The first kappa shape index (κ1) is 17.9. The van der Waals surface area contributed by atoms with Gasteiger partial charge in [-0.2, -0.15) is 0 Å². The minimum atomic E-state index is -0.274. The van der Waals surface area contributed by atoms with Crippen molar-refractivity contribution in [2.45, 2.75) is 33.9 Å². The molecule has 0 amide bonds. The summed E-state index contributed by atoms with van der Waals surface area (Å²) < 4.78 is 14.0. The highest BCUT2D eigenvalue weighted by Crippen LogP contribution is 2.17. The molecule has 0 aliphatic rings. The van der Waals surface area contributed by atoms with Crippen molar-refractivity contribution in [3.63, 3.8) is 0 Å². The van der Waals surface area contributed by atoms with E-state index in [-0.39, 0.29) is 5.82 Å². The van der Waals surface area contributed by atoms with Crippen molar-refractivity contribution in [2.24, 2.45) is 4.99 Å². The molecule has 0 atom stereocenters. The van der Waals surface area contributed by atoms with E-state index in [0.717, 1.165) is 22.8 Å². The van der Waals surface area contributed by atoms with Gasteiger partial charge in [0, 0.05) is 11.4 Å². The Balaban J connectivity index is 2.00. The van der Waals surface area contributed by atoms with E-state index in [1.807, 2.05) is 19.9 Å². The second-order valence-electron chi connectivity index (χ2n) is 5.05. The number of halogens is 2. The molecule has 1 heterocycles. The minimum Gasteiger partial charge on any atom is -0.357 e. The lowest BCUT2D eigenvalue weighted by atomic mass is 10.2. The fourth-order valence-electron chi connectivity index (χ4n) is 1.92. The molecule has 4 nitrogen and oxygen atoms in total. The summed E-state index contributed by atoms with van der Waals surface area (Å²) in [7, 11) is 0. The van der Waals surface area contributed by atoms with Crippen LogP contribution in [0.5, 0.6) is 0 Å². The molecule has 0 bridgehead atoms. The Morgan fingerprint density at radius 1 is 1.35 bits per heavy atom. The number of aliphatic imine (C=N–C) groups is 1. The molecule has 1 aromatic carbocycles. The molecule has 1 aromatic heterocycles. The summed E-state index contributed by atoms with van der Waals surface area (Å²) in [6.07, 6.45) is 0. The molecule has 124 valence electrons. The zero-order chi connectivity index (χ0) is 16.8. The van der Waals surface area contributed by atoms with Gasteiger partial charge < -0.3 is 10.6 Å². The van der Waals surface area contributed by atoms with E-state index in [9.17, 15) is 4.39 Å². The zero-order valence-electron chi connectivity index (χ0n) is 13.4. The highest BCUT2D eigenvalue weighted by Gasteiger charge is 2.05. The number of hydrogen-bond acceptors (Lipinski definition) is 3. The highest BCUT2D eigenvalue weighted by atomic mass is 79.9. The zero-order valence-corrected chi connectivity index (χ0v) is 15.8. The fraction of sp³-hybridized carbons (Fsp3) is 0.375. The lowest BCUT2D eigenvalue weighted by Gasteiger charge is -2.10. The molecule has 2 aromatic rings. The smallest absolute Gasteiger partial charge is 0.191 e. The molecule has 0 saturated heterocycles. The number of nitrogens with one attached hydrogen (secondary N) is 2. The average molecular weight is 399 g/mol. The van der Waals surface area contributed by atoms with Gasteiger partial charge >= 0.3 is 0 Å². The predicted octanol–water partition coefficient (Wildman–Crippen LogP) is 3.92. The van der Waals surface area contributed by atoms with Crippen LogP contribution in [0, 0.1) is 19.7 Å². The topological polar surface area (TPSA) is 49.3 Å². The van der Waals surface area contributed by atoms with Gasteiger partial charge in [0.25, 0.3) is 0 Å². The van der Waals surface area contributed by atoms with Crippen molar-refractivity contribution in [2.75, 3.05) is 6.54 Å². The standard InChI is InChI=1S/C16H20BrFN4S/c1-4-19-16(21-9-15-22-10(2)11(3)23-15)20-8-12-5-6-13(17)14(18)7-12/h5-7H,4,8-9H2,1-3H3,(H2,19,20,21). The Labute approximate surface area is 148 Å². The fourth-order valence-corrected chi connectivity index (χ4v) is 3.04. The maximum Gasteiger partial charge on any atom is 0.191 e. The van der Waals surface area contributed by atoms with Crippen molar-refractivity contribution in [1.29, 1.82) is 0 Å². The Bertz CT molecular complexity index is 680. The van der Waals surface area contributed by atoms with Gasteiger partial charge in [0.15, 0.2) is 5.96 Å². The van der Waals surface area contributed by atoms with Crippen LogP contribution in [0.1, 0.15) is 28.1 Å². The van der Waals surface area contributed by atoms with Crippen molar-refractivity contribution >= 4 is 33.2 Å². The van der Waals surface area contributed by atoms with Gasteiger partial charge in [-0.1, -0.05) is 6.07 Å². The van der Waals surface area contributed by atoms with E-state index in [4.69, 9.17) is 0 Å². The van der Waals surface area contributed by atoms with Crippen LogP contribution in [0.15, 0.2) is 27.7 Å². The number of guanidine groups is 1. The summed E-state index contributed by atoms with van der Waals surface area (Å²) in [5, 5.41) is 7.47. The summed E-state index contributed by atoms with van der Waals surface area (Å²) in [6, 6.07) is 5.04. The van der Waals surface area contributed by atoms with Gasteiger partial charge in [0.2, 0.25) is 0 Å². The second kappa shape index (κ2) is 8.40. The van der Waals surface area contributed by atoms with Crippen molar-refractivity contribution in [1.82, 2.24) is 15.6 Å². The summed E-state index contributed by atoms with van der Waals surface area (Å²) in [5.41, 5.74) is 1.89. The van der Waals surface area contributed by atoms with E-state index in [2.05, 4.69) is 43.5 Å². The number of aromatic nitrogens is 1. The Morgan fingerprint density at radius 2 is 2.13 bits per heavy atom. The summed E-state index contributed by atoms with van der Waals surface area (Å²) >= 11 is 4.83. The van der Waals surface area contributed by atoms with Crippen LogP contribution in [0.2, 0.25) is 0 Å². The number of aryl methyl sites for hydroxylation is 2. The van der Waals surface area contributed by atoms with Gasteiger partial charge in [-0.3, -0.25) is 0 Å². The quantitative estimate of drug-likeness (QED) is 0.592. The number of hydrogen-bond donors (Lipinski definition) is 2. The monoisotopic (exact) mass is 398 g/mol. The van der Waals surface area contributed by atoms with E-state index in [0.29, 0.717) is 23.5 Å². The molecular formula is C16H20BrFN4S. The van der Waals surface area contributed by atoms with Crippen LogP contribution in [0.25, 0.3) is 0 Å². The largest absolute Gasteiger partial charge is 0.357 e. The maximum absolute atomic E-state index is 13.5. The summed E-state index contributed by atoms with van der Waals surface area (Å²) in [4.78, 5) is 10.2. The molecule has 0 spiro atoms. The second-order valence-corrected chi connectivity index (χ2v) is 7.19. The summed E-state index contributed by atoms with van der Waals surface area (Å²) in [5.74, 6) is 0.422. The third-order valence-corrected chi connectivity index (χ3v) is 4.94. The number of benzene rings is 1. The first-order chi connectivity index (χ1) is 11.0. The van der Waals surface area contributed by atoms with Gasteiger partial charge in [-0.25, -0.2) is 14.4 Å². The van der Waals surface area contributed by atoms with Gasteiger partial charge in [0.05, 0.1) is 23.3 Å². The van der Waals surface area contributed by atoms with E-state index >= 15 is 0 Å². The van der Waals surface area contributed by atoms with E-state index in [1.165, 1.54) is 10.9 Å². The normalized spacial score (nSPS) is 11.6. The molecule has 0 unspecified atom stereocenters. The highest BCUT2D eigenvalue weighted by molar-refractivity contribution is 9.10. The first-order valence-corrected chi connectivity index (χ1v) is 8.99. The van der Waals surface area contributed by atoms with E-state index < -0.39 is 0 Å². The van der Waals surface area contributed by atoms with Crippen molar-refractivity contribution in [3.05, 3.63) is 49.6 Å². The van der Waals surface area contributed by atoms with Crippen LogP contribution in [-0.2, 0) is 13.1 Å². The first-order valence-electron chi connectivity index (χ1n) is 7.38. The molecule has 0 aliphatic carbocycles. The Hall–Kier alpha value is -1.47. The molecule has 0 aliphatic heterocycles. The van der Waals surface area contributed by atoms with E-state index in [1.54, 1.807) is 17.4 Å². The predicted molar refractivity (Wildman–Crippen MR) is 97.3 cm³/mol. The number of rotatable bonds is 5. The minimum absolute atomic E-state index is 0.274. The molecule has 0 radical (unpaired) electrons. The average Bonchev–Trinajstić information content (AvgIpc) is 2.84. The maximum atomic E-state index is 13.5. The van der Waals surface area contributed by atoms with Crippen molar-refractivity contribution < 1.29 is 4.39 Å². The molecular weight excluding hydrogens is 379 g/mol. The SMILES string of the molecule is CCNC(=NCc1ccc(Br)c(F)c1)NCc1nc(C)c(C)s1. The molecule has 2 N–H and O–H groups in total. The third kappa shape index (κ3) is 5.28. The van der Waals surface area contributed by atoms with Crippen LogP contribution in [0.3, 0.4) is 0 Å². The molecule has 7 heteroatoms. The van der Waals surface area contributed by atoms with Crippen LogP contribution in [0.4, 0.5) is 4.39 Å². The molecule has 2 rings (SSSR count). The van der Waals surface area contributed by atoms with Crippen LogP contribution >= 0.6 is 27.3 Å². The number of thiazole rings is 1. The lowest BCUT2D eigenvalue weighted by Crippen LogP contribution is -2.36. The van der Waals surface area contributed by atoms with Gasteiger partial charge in [-0.15, -0.1) is 11.3 Å². The lowest BCUT2D eigenvalue weighted by molar-refractivity contribution is 0.618.